The number of hydrogen-bond donors (Lipinski definition) is 1. The SMILES string of the molecule is CCOc1ccccc1/C=N/NC(=O)COc1ccccc1[N+](=O)[O-]. The maximum absolute atomic E-state index is 11.7. The Labute approximate surface area is 144 Å². The maximum Gasteiger partial charge on any atom is 0.310 e. The van der Waals surface area contributed by atoms with Crippen molar-refractivity contribution >= 4 is 17.8 Å². The number of hydrogen-bond acceptors (Lipinski definition) is 6. The van der Waals surface area contributed by atoms with Gasteiger partial charge in [-0.25, -0.2) is 5.43 Å². The molecule has 8 heteroatoms. The molecule has 0 atom stereocenters. The van der Waals surface area contributed by atoms with Crippen LogP contribution in [0.25, 0.3) is 0 Å². The standard InChI is InChI=1S/C17H17N3O5/c1-2-24-15-9-5-3-7-13(15)11-18-19-17(21)12-25-16-10-6-4-8-14(16)20(22)23/h3-11H,2,12H2,1H3,(H,19,21)/b18-11+. The van der Waals surface area contributed by atoms with Crippen molar-refractivity contribution in [3.8, 4) is 11.5 Å². The highest BCUT2D eigenvalue weighted by Gasteiger charge is 2.14. The van der Waals surface area contributed by atoms with Gasteiger partial charge in [-0.05, 0) is 25.1 Å². The highest BCUT2D eigenvalue weighted by Crippen LogP contribution is 2.25. The van der Waals surface area contributed by atoms with Gasteiger partial charge in [0, 0.05) is 11.6 Å². The fourth-order valence-electron chi connectivity index (χ4n) is 1.95. The number of carbonyl (C=O) groups is 1. The van der Waals surface area contributed by atoms with Crippen LogP contribution >= 0.6 is 0 Å². The van der Waals surface area contributed by atoms with Crippen molar-refractivity contribution in [1.82, 2.24) is 5.43 Å². The zero-order valence-corrected chi connectivity index (χ0v) is 13.5. The molecule has 2 rings (SSSR count). The van der Waals surface area contributed by atoms with E-state index in [1.54, 1.807) is 18.2 Å². The summed E-state index contributed by atoms with van der Waals surface area (Å²) >= 11 is 0. The summed E-state index contributed by atoms with van der Waals surface area (Å²) < 4.78 is 10.6. The van der Waals surface area contributed by atoms with Crippen LogP contribution in [0.2, 0.25) is 0 Å². The second kappa shape index (κ2) is 9.02. The van der Waals surface area contributed by atoms with Gasteiger partial charge in [0.15, 0.2) is 12.4 Å². The van der Waals surface area contributed by atoms with Crippen LogP contribution in [0.5, 0.6) is 11.5 Å². The molecule has 25 heavy (non-hydrogen) atoms. The average molecular weight is 343 g/mol. The first-order valence-electron chi connectivity index (χ1n) is 7.51. The summed E-state index contributed by atoms with van der Waals surface area (Å²) in [6.07, 6.45) is 1.45. The van der Waals surface area contributed by atoms with Crippen molar-refractivity contribution < 1.29 is 19.2 Å². The van der Waals surface area contributed by atoms with E-state index in [1.807, 2.05) is 19.1 Å². The van der Waals surface area contributed by atoms with Crippen molar-refractivity contribution in [3.63, 3.8) is 0 Å². The minimum Gasteiger partial charge on any atom is -0.493 e. The highest BCUT2D eigenvalue weighted by molar-refractivity contribution is 5.85. The number of hydrazone groups is 1. The van der Waals surface area contributed by atoms with Crippen LogP contribution in [0.4, 0.5) is 5.69 Å². The summed E-state index contributed by atoms with van der Waals surface area (Å²) in [5.74, 6) is 0.135. The quantitative estimate of drug-likeness (QED) is 0.451. The molecule has 0 aliphatic carbocycles. The van der Waals surface area contributed by atoms with E-state index >= 15 is 0 Å². The highest BCUT2D eigenvalue weighted by atomic mass is 16.6. The van der Waals surface area contributed by atoms with Crippen LogP contribution in [0.15, 0.2) is 53.6 Å². The number of nitro benzene ring substituents is 1. The summed E-state index contributed by atoms with van der Waals surface area (Å²) in [4.78, 5) is 22.0. The summed E-state index contributed by atoms with van der Waals surface area (Å²) in [6, 6.07) is 13.1. The minimum absolute atomic E-state index is 0.0216. The monoisotopic (exact) mass is 343 g/mol. The molecule has 0 spiro atoms. The third kappa shape index (κ3) is 5.31. The van der Waals surface area contributed by atoms with Crippen LogP contribution in [0.3, 0.4) is 0 Å². The number of nitrogens with one attached hydrogen (secondary N) is 1. The molecule has 0 aromatic heterocycles. The molecule has 1 N–H and O–H groups in total. The number of para-hydroxylation sites is 3. The predicted octanol–water partition coefficient (Wildman–Crippen LogP) is 2.52. The van der Waals surface area contributed by atoms with Gasteiger partial charge >= 0.3 is 5.69 Å². The summed E-state index contributed by atoms with van der Waals surface area (Å²) in [6.45, 7) is 1.99. The van der Waals surface area contributed by atoms with E-state index in [0.29, 0.717) is 17.9 Å². The van der Waals surface area contributed by atoms with E-state index in [4.69, 9.17) is 9.47 Å². The molecule has 130 valence electrons. The first-order valence-corrected chi connectivity index (χ1v) is 7.51. The van der Waals surface area contributed by atoms with Gasteiger partial charge in [-0.2, -0.15) is 5.10 Å². The molecule has 8 nitrogen and oxygen atoms in total. The van der Waals surface area contributed by atoms with Crippen molar-refractivity contribution in [3.05, 3.63) is 64.2 Å². The fourth-order valence-corrected chi connectivity index (χ4v) is 1.95. The molecule has 0 aliphatic rings. The Balaban J connectivity index is 1.90. The molecule has 0 unspecified atom stereocenters. The Morgan fingerprint density at radius 2 is 1.84 bits per heavy atom. The van der Waals surface area contributed by atoms with Gasteiger partial charge in [-0.1, -0.05) is 24.3 Å². The number of amides is 1. The van der Waals surface area contributed by atoms with Gasteiger partial charge in [0.05, 0.1) is 17.7 Å². The van der Waals surface area contributed by atoms with Gasteiger partial charge in [-0.15, -0.1) is 0 Å². The molecule has 1 amide bonds. The lowest BCUT2D eigenvalue weighted by atomic mass is 10.2. The Morgan fingerprint density at radius 3 is 2.56 bits per heavy atom. The normalized spacial score (nSPS) is 10.4. The number of benzene rings is 2. The largest absolute Gasteiger partial charge is 0.493 e. The second-order valence-corrected chi connectivity index (χ2v) is 4.78. The van der Waals surface area contributed by atoms with Gasteiger partial charge in [0.2, 0.25) is 0 Å². The Kier molecular flexibility index (Phi) is 6.47. The Bertz CT molecular complexity index is 776. The minimum atomic E-state index is -0.573. The first kappa shape index (κ1) is 17.9. The molecule has 2 aromatic carbocycles. The molecule has 2 aromatic rings. The van der Waals surface area contributed by atoms with Gasteiger partial charge in [0.25, 0.3) is 5.91 Å². The lowest BCUT2D eigenvalue weighted by molar-refractivity contribution is -0.385. The molecule has 0 heterocycles. The smallest absolute Gasteiger partial charge is 0.310 e. The summed E-state index contributed by atoms with van der Waals surface area (Å²) in [7, 11) is 0. The van der Waals surface area contributed by atoms with Crippen LogP contribution in [-0.4, -0.2) is 30.3 Å². The van der Waals surface area contributed by atoms with E-state index in [-0.39, 0.29) is 11.4 Å². The van der Waals surface area contributed by atoms with Crippen LogP contribution in [0, 0.1) is 10.1 Å². The number of nitrogens with zero attached hydrogens (tertiary/aromatic N) is 2. The molecule has 0 saturated heterocycles. The van der Waals surface area contributed by atoms with Crippen molar-refractivity contribution in [2.24, 2.45) is 5.10 Å². The van der Waals surface area contributed by atoms with E-state index in [0.717, 1.165) is 0 Å². The summed E-state index contributed by atoms with van der Waals surface area (Å²) in [5, 5.41) is 14.7. The van der Waals surface area contributed by atoms with E-state index in [2.05, 4.69) is 10.5 Å². The number of carbonyl (C=O) groups excluding carboxylic acids is 1. The molecule has 0 radical (unpaired) electrons. The number of rotatable bonds is 8. The van der Waals surface area contributed by atoms with Crippen molar-refractivity contribution in [1.29, 1.82) is 0 Å². The fraction of sp³-hybridized carbons (Fsp3) is 0.176. The molecule has 0 saturated carbocycles. The summed E-state index contributed by atoms with van der Waals surface area (Å²) in [5.41, 5.74) is 2.81. The molecule has 0 fully saturated rings. The van der Waals surface area contributed by atoms with Crippen LogP contribution in [0.1, 0.15) is 12.5 Å². The third-order valence-corrected chi connectivity index (χ3v) is 3.03. The second-order valence-electron chi connectivity index (χ2n) is 4.78. The Hall–Kier alpha value is -3.42. The average Bonchev–Trinajstić information content (AvgIpc) is 2.62. The topological polar surface area (TPSA) is 103 Å². The van der Waals surface area contributed by atoms with Gasteiger partial charge in [0.1, 0.15) is 5.75 Å². The maximum atomic E-state index is 11.7. The van der Waals surface area contributed by atoms with Gasteiger partial charge in [-0.3, -0.25) is 14.9 Å². The third-order valence-electron chi connectivity index (χ3n) is 3.03. The van der Waals surface area contributed by atoms with Gasteiger partial charge < -0.3 is 9.47 Å². The zero-order valence-electron chi connectivity index (χ0n) is 13.5. The molecular weight excluding hydrogens is 326 g/mol. The zero-order chi connectivity index (χ0) is 18.1. The van der Waals surface area contributed by atoms with Crippen molar-refractivity contribution in [2.75, 3.05) is 13.2 Å². The predicted molar refractivity (Wildman–Crippen MR) is 91.9 cm³/mol. The lowest BCUT2D eigenvalue weighted by Crippen LogP contribution is -2.24. The number of nitro groups is 1. The Morgan fingerprint density at radius 1 is 1.16 bits per heavy atom. The lowest BCUT2D eigenvalue weighted by Gasteiger charge is -2.06. The molecule has 0 aliphatic heterocycles. The number of ether oxygens (including phenoxy) is 2. The first-order chi connectivity index (χ1) is 12.1. The van der Waals surface area contributed by atoms with Crippen LogP contribution in [-0.2, 0) is 4.79 Å². The van der Waals surface area contributed by atoms with Crippen LogP contribution < -0.4 is 14.9 Å². The van der Waals surface area contributed by atoms with E-state index < -0.39 is 17.4 Å². The molecular formula is C17H17N3O5. The van der Waals surface area contributed by atoms with E-state index in [9.17, 15) is 14.9 Å². The van der Waals surface area contributed by atoms with E-state index in [1.165, 1.54) is 24.4 Å². The van der Waals surface area contributed by atoms with Crippen molar-refractivity contribution in [2.45, 2.75) is 6.92 Å². The molecule has 0 bridgehead atoms.